The van der Waals surface area contributed by atoms with E-state index >= 15 is 0 Å². The van der Waals surface area contributed by atoms with Crippen molar-refractivity contribution in [2.24, 2.45) is 0 Å². The molecule has 5 nitrogen and oxygen atoms in total. The normalized spacial score (nSPS) is 19.0. The van der Waals surface area contributed by atoms with Crippen LogP contribution in [0.4, 0.5) is 0 Å². The van der Waals surface area contributed by atoms with E-state index in [0.717, 1.165) is 25.2 Å². The van der Waals surface area contributed by atoms with Gasteiger partial charge in [-0.1, -0.05) is 0 Å². The Morgan fingerprint density at radius 3 is 3.29 bits per heavy atom. The first-order chi connectivity index (χ1) is 10.3. The summed E-state index contributed by atoms with van der Waals surface area (Å²) in [6.45, 7) is 4.03. The Hall–Kier alpha value is -1.66. The number of rotatable bonds is 5. The molecule has 2 aromatic rings. The van der Waals surface area contributed by atoms with Crippen LogP contribution in [0.5, 0.6) is 0 Å². The molecule has 1 fully saturated rings. The van der Waals surface area contributed by atoms with Crippen LogP contribution in [-0.4, -0.2) is 34.0 Å². The number of hydrogen-bond donors (Lipinski definition) is 1. The Balaban J connectivity index is 1.67. The summed E-state index contributed by atoms with van der Waals surface area (Å²) < 4.78 is 4.98. The molecule has 21 heavy (non-hydrogen) atoms. The number of carbonyl (C=O) groups excluding carboxylic acids is 1. The lowest BCUT2D eigenvalue weighted by atomic mass is 10.1. The minimum atomic E-state index is -0.323. The van der Waals surface area contributed by atoms with E-state index in [0.29, 0.717) is 17.7 Å². The predicted molar refractivity (Wildman–Crippen MR) is 81.2 cm³/mol. The zero-order valence-electron chi connectivity index (χ0n) is 12.0. The van der Waals surface area contributed by atoms with Gasteiger partial charge in [-0.3, -0.25) is 4.90 Å². The molecule has 1 aliphatic rings. The Labute approximate surface area is 128 Å². The van der Waals surface area contributed by atoms with Gasteiger partial charge in [-0.25, -0.2) is 9.78 Å². The van der Waals surface area contributed by atoms with E-state index in [1.54, 1.807) is 6.92 Å². The summed E-state index contributed by atoms with van der Waals surface area (Å²) in [4.78, 5) is 21.8. The summed E-state index contributed by atoms with van der Waals surface area (Å²) >= 11 is 1.36. The fourth-order valence-corrected chi connectivity index (χ4v) is 3.49. The van der Waals surface area contributed by atoms with E-state index in [-0.39, 0.29) is 5.97 Å². The monoisotopic (exact) mass is 305 g/mol. The number of hydrogen-bond acceptors (Lipinski definition) is 5. The van der Waals surface area contributed by atoms with Crippen LogP contribution in [0.1, 0.15) is 47.0 Å². The molecule has 0 saturated carbocycles. The highest BCUT2D eigenvalue weighted by molar-refractivity contribution is 7.11. The number of likely N-dealkylation sites (tertiary alicyclic amines) is 1. The third-order valence-corrected chi connectivity index (χ3v) is 4.58. The van der Waals surface area contributed by atoms with Gasteiger partial charge in [0, 0.05) is 23.8 Å². The number of thiazole rings is 1. The van der Waals surface area contributed by atoms with Gasteiger partial charge in [0.1, 0.15) is 0 Å². The molecule has 1 aliphatic heterocycles. The molecule has 1 saturated heterocycles. The minimum Gasteiger partial charge on any atom is -0.461 e. The SMILES string of the molecule is CCOC(=O)c1nc(CN2CCCC2c2ccc[nH]2)cs1. The lowest BCUT2D eigenvalue weighted by Gasteiger charge is -2.22. The van der Waals surface area contributed by atoms with Gasteiger partial charge in [0.05, 0.1) is 18.3 Å². The maximum absolute atomic E-state index is 11.7. The quantitative estimate of drug-likeness (QED) is 0.863. The van der Waals surface area contributed by atoms with Crippen molar-refractivity contribution in [3.05, 3.63) is 40.1 Å². The second-order valence-corrected chi connectivity index (χ2v) is 5.98. The van der Waals surface area contributed by atoms with Crippen LogP contribution < -0.4 is 0 Å². The molecule has 1 atom stereocenters. The molecule has 2 aromatic heterocycles. The van der Waals surface area contributed by atoms with Gasteiger partial charge in [0.2, 0.25) is 5.01 Å². The van der Waals surface area contributed by atoms with E-state index < -0.39 is 0 Å². The molecule has 0 spiro atoms. The predicted octanol–water partition coefficient (Wildman–Crippen LogP) is 2.99. The average molecular weight is 305 g/mol. The number of nitrogens with zero attached hydrogens (tertiary/aromatic N) is 2. The van der Waals surface area contributed by atoms with E-state index in [1.165, 1.54) is 23.5 Å². The fraction of sp³-hybridized carbons (Fsp3) is 0.467. The van der Waals surface area contributed by atoms with Gasteiger partial charge >= 0.3 is 5.97 Å². The van der Waals surface area contributed by atoms with Crippen LogP contribution in [0.15, 0.2) is 23.7 Å². The molecular weight excluding hydrogens is 286 g/mol. The Morgan fingerprint density at radius 2 is 2.52 bits per heavy atom. The van der Waals surface area contributed by atoms with Crippen molar-refractivity contribution in [1.29, 1.82) is 0 Å². The van der Waals surface area contributed by atoms with E-state index in [9.17, 15) is 4.79 Å². The van der Waals surface area contributed by atoms with Crippen LogP contribution in [0, 0.1) is 0 Å². The third kappa shape index (κ3) is 3.16. The maximum Gasteiger partial charge on any atom is 0.367 e. The Bertz CT molecular complexity index is 594. The molecule has 1 N–H and O–H groups in total. The molecule has 1 unspecified atom stereocenters. The van der Waals surface area contributed by atoms with Gasteiger partial charge in [-0.15, -0.1) is 11.3 Å². The molecular formula is C15H19N3O2S. The maximum atomic E-state index is 11.7. The van der Waals surface area contributed by atoms with Gasteiger partial charge in [-0.05, 0) is 38.4 Å². The summed E-state index contributed by atoms with van der Waals surface area (Å²) in [5, 5.41) is 2.40. The number of H-pyrrole nitrogens is 1. The first-order valence-electron chi connectivity index (χ1n) is 7.26. The largest absolute Gasteiger partial charge is 0.461 e. The van der Waals surface area contributed by atoms with Crippen LogP contribution in [0.3, 0.4) is 0 Å². The molecule has 3 rings (SSSR count). The highest BCUT2D eigenvalue weighted by atomic mass is 32.1. The van der Waals surface area contributed by atoms with E-state index in [4.69, 9.17) is 4.74 Å². The molecule has 112 valence electrons. The summed E-state index contributed by atoms with van der Waals surface area (Å²) in [5.74, 6) is -0.323. The van der Waals surface area contributed by atoms with E-state index in [2.05, 4.69) is 20.9 Å². The van der Waals surface area contributed by atoms with Crippen LogP contribution >= 0.6 is 11.3 Å². The van der Waals surface area contributed by atoms with Crippen LogP contribution in [-0.2, 0) is 11.3 Å². The molecule has 0 radical (unpaired) electrons. The van der Waals surface area contributed by atoms with Crippen molar-refractivity contribution >= 4 is 17.3 Å². The van der Waals surface area contributed by atoms with Crippen molar-refractivity contribution in [2.45, 2.75) is 32.4 Å². The zero-order chi connectivity index (χ0) is 14.7. The highest BCUT2D eigenvalue weighted by Crippen LogP contribution is 2.32. The molecule has 0 bridgehead atoms. The fourth-order valence-electron chi connectivity index (χ4n) is 2.79. The van der Waals surface area contributed by atoms with Gasteiger partial charge in [0.25, 0.3) is 0 Å². The molecule has 0 aromatic carbocycles. The van der Waals surface area contributed by atoms with Crippen LogP contribution in [0.2, 0.25) is 0 Å². The molecule has 0 amide bonds. The molecule has 3 heterocycles. The Kier molecular flexibility index (Phi) is 4.36. The number of carbonyl (C=O) groups is 1. The number of nitrogens with one attached hydrogen (secondary N) is 1. The second-order valence-electron chi connectivity index (χ2n) is 5.12. The summed E-state index contributed by atoms with van der Waals surface area (Å²) in [6.07, 6.45) is 4.32. The molecule has 0 aliphatic carbocycles. The van der Waals surface area contributed by atoms with Crippen molar-refractivity contribution in [3.8, 4) is 0 Å². The van der Waals surface area contributed by atoms with Crippen molar-refractivity contribution in [3.63, 3.8) is 0 Å². The third-order valence-electron chi connectivity index (χ3n) is 3.71. The lowest BCUT2D eigenvalue weighted by molar-refractivity contribution is 0.0525. The van der Waals surface area contributed by atoms with E-state index in [1.807, 2.05) is 17.6 Å². The summed E-state index contributed by atoms with van der Waals surface area (Å²) in [7, 11) is 0. The topological polar surface area (TPSA) is 58.2 Å². The number of esters is 1. The summed E-state index contributed by atoms with van der Waals surface area (Å²) in [5.41, 5.74) is 2.20. The number of ether oxygens (including phenoxy) is 1. The smallest absolute Gasteiger partial charge is 0.367 e. The zero-order valence-corrected chi connectivity index (χ0v) is 12.9. The molecule has 6 heteroatoms. The highest BCUT2D eigenvalue weighted by Gasteiger charge is 2.27. The van der Waals surface area contributed by atoms with Crippen molar-refractivity contribution in [1.82, 2.24) is 14.9 Å². The lowest BCUT2D eigenvalue weighted by Crippen LogP contribution is -2.23. The van der Waals surface area contributed by atoms with Gasteiger partial charge < -0.3 is 9.72 Å². The Morgan fingerprint density at radius 1 is 1.62 bits per heavy atom. The standard InChI is InChI=1S/C15H19N3O2S/c1-2-20-15(19)14-17-11(10-21-14)9-18-8-4-6-13(18)12-5-3-7-16-12/h3,5,7,10,13,16H,2,4,6,8-9H2,1H3. The minimum absolute atomic E-state index is 0.323. The van der Waals surface area contributed by atoms with Crippen molar-refractivity contribution < 1.29 is 9.53 Å². The first kappa shape index (κ1) is 14.3. The van der Waals surface area contributed by atoms with Gasteiger partial charge in [0.15, 0.2) is 0 Å². The number of aromatic amines is 1. The summed E-state index contributed by atoms with van der Waals surface area (Å²) in [6, 6.07) is 4.59. The van der Waals surface area contributed by atoms with Crippen LogP contribution in [0.25, 0.3) is 0 Å². The average Bonchev–Trinajstić information content (AvgIpc) is 3.20. The van der Waals surface area contributed by atoms with Crippen molar-refractivity contribution in [2.75, 3.05) is 13.2 Å². The van der Waals surface area contributed by atoms with Gasteiger partial charge in [-0.2, -0.15) is 0 Å². The number of aromatic nitrogens is 2. The second kappa shape index (κ2) is 6.41. The first-order valence-corrected chi connectivity index (χ1v) is 8.14.